The van der Waals surface area contributed by atoms with Crippen LogP contribution >= 0.6 is 0 Å². The van der Waals surface area contributed by atoms with E-state index in [2.05, 4.69) is 0 Å². The van der Waals surface area contributed by atoms with Gasteiger partial charge in [0, 0.05) is 24.3 Å². The second-order valence-electron chi connectivity index (χ2n) is 5.91. The summed E-state index contributed by atoms with van der Waals surface area (Å²) in [6.07, 6.45) is 0.208. The average molecular weight is 355 g/mol. The Morgan fingerprint density at radius 3 is 2.54 bits per heavy atom. The topological polar surface area (TPSA) is 56.6 Å². The number of halogens is 1. The second kappa shape index (κ2) is 9.54. The molecule has 0 aliphatic heterocycles. The number of likely N-dealkylation sites (N-methyl/N-ethyl adjacent to an activating group) is 1. The van der Waals surface area contributed by atoms with Gasteiger partial charge in [0.1, 0.15) is 11.6 Å². The Hall–Kier alpha value is -2.91. The number of benzene rings is 2. The van der Waals surface area contributed by atoms with Crippen LogP contribution in [0.25, 0.3) is 0 Å². The van der Waals surface area contributed by atoms with Crippen LogP contribution in [0.15, 0.2) is 48.5 Å². The van der Waals surface area contributed by atoms with Crippen molar-refractivity contribution < 1.29 is 13.9 Å². The van der Waals surface area contributed by atoms with Crippen molar-refractivity contribution in [1.29, 1.82) is 5.26 Å². The minimum absolute atomic E-state index is 0.149. The van der Waals surface area contributed by atoms with Crippen LogP contribution in [-0.4, -0.2) is 38.1 Å². The summed E-state index contributed by atoms with van der Waals surface area (Å²) in [5, 5.41) is 8.85. The van der Waals surface area contributed by atoms with Crippen molar-refractivity contribution in [3.63, 3.8) is 0 Å². The van der Waals surface area contributed by atoms with Crippen LogP contribution < -0.4 is 9.64 Å². The number of methoxy groups -OCH3 is 1. The lowest BCUT2D eigenvalue weighted by Crippen LogP contribution is -2.39. The van der Waals surface area contributed by atoms with Crippen molar-refractivity contribution in [2.24, 2.45) is 0 Å². The first kappa shape index (κ1) is 19.4. The molecule has 0 heterocycles. The Labute approximate surface area is 153 Å². The standard InChI is InChI=1S/C20H22FN3O2/c1-23(14-16-6-3-4-7-19(16)26-2)15-20(25)24(13-5-12-22)18-10-8-17(21)9-11-18/h3-4,6-11H,5,13-15H2,1-2H3. The highest BCUT2D eigenvalue weighted by Gasteiger charge is 2.18. The molecule has 0 N–H and O–H groups in total. The highest BCUT2D eigenvalue weighted by molar-refractivity contribution is 5.94. The molecule has 0 aliphatic rings. The zero-order valence-electron chi connectivity index (χ0n) is 15.0. The van der Waals surface area contributed by atoms with Gasteiger partial charge in [-0.25, -0.2) is 4.39 Å². The van der Waals surface area contributed by atoms with E-state index >= 15 is 0 Å². The van der Waals surface area contributed by atoms with Gasteiger partial charge in [-0.15, -0.1) is 0 Å². The van der Waals surface area contributed by atoms with Crippen LogP contribution in [0.5, 0.6) is 5.75 Å². The van der Waals surface area contributed by atoms with Crippen molar-refractivity contribution in [2.75, 3.05) is 32.1 Å². The normalized spacial score (nSPS) is 10.4. The number of amides is 1. The molecule has 0 atom stereocenters. The lowest BCUT2D eigenvalue weighted by atomic mass is 10.2. The Morgan fingerprint density at radius 2 is 1.88 bits per heavy atom. The minimum atomic E-state index is -0.366. The van der Waals surface area contributed by atoms with Gasteiger partial charge in [-0.3, -0.25) is 9.69 Å². The van der Waals surface area contributed by atoms with Crippen molar-refractivity contribution in [2.45, 2.75) is 13.0 Å². The number of ether oxygens (including phenoxy) is 1. The fourth-order valence-electron chi connectivity index (χ4n) is 2.68. The first-order valence-corrected chi connectivity index (χ1v) is 8.28. The van der Waals surface area contributed by atoms with Gasteiger partial charge in [0.15, 0.2) is 0 Å². The summed E-state index contributed by atoms with van der Waals surface area (Å²) in [7, 11) is 3.46. The maximum atomic E-state index is 13.2. The number of carbonyl (C=O) groups excluding carboxylic acids is 1. The Morgan fingerprint density at radius 1 is 1.19 bits per heavy atom. The summed E-state index contributed by atoms with van der Waals surface area (Å²) in [6.45, 7) is 0.982. The highest BCUT2D eigenvalue weighted by atomic mass is 19.1. The van der Waals surface area contributed by atoms with E-state index in [1.165, 1.54) is 17.0 Å². The summed E-state index contributed by atoms with van der Waals surface area (Å²) < 4.78 is 18.5. The van der Waals surface area contributed by atoms with Gasteiger partial charge in [-0.2, -0.15) is 5.26 Å². The van der Waals surface area contributed by atoms with Gasteiger partial charge in [0.25, 0.3) is 0 Å². The summed E-state index contributed by atoms with van der Waals surface area (Å²) in [5.41, 5.74) is 1.56. The highest BCUT2D eigenvalue weighted by Crippen LogP contribution is 2.19. The maximum Gasteiger partial charge on any atom is 0.241 e. The van der Waals surface area contributed by atoms with Crippen LogP contribution in [0, 0.1) is 17.1 Å². The smallest absolute Gasteiger partial charge is 0.241 e. The van der Waals surface area contributed by atoms with E-state index in [0.29, 0.717) is 12.2 Å². The van der Waals surface area contributed by atoms with Crippen LogP contribution in [-0.2, 0) is 11.3 Å². The van der Waals surface area contributed by atoms with E-state index < -0.39 is 0 Å². The summed E-state index contributed by atoms with van der Waals surface area (Å²) in [5.74, 6) is 0.255. The van der Waals surface area contributed by atoms with E-state index in [9.17, 15) is 9.18 Å². The molecule has 5 nitrogen and oxygen atoms in total. The summed E-state index contributed by atoms with van der Waals surface area (Å²) >= 11 is 0. The second-order valence-corrected chi connectivity index (χ2v) is 5.91. The monoisotopic (exact) mass is 355 g/mol. The molecule has 2 aromatic rings. The molecule has 0 saturated carbocycles. The largest absolute Gasteiger partial charge is 0.496 e. The maximum absolute atomic E-state index is 13.2. The molecular weight excluding hydrogens is 333 g/mol. The van der Waals surface area contributed by atoms with Crippen LogP contribution in [0.3, 0.4) is 0 Å². The number of carbonyl (C=O) groups is 1. The zero-order valence-corrected chi connectivity index (χ0v) is 15.0. The predicted octanol–water partition coefficient (Wildman–Crippen LogP) is 3.21. The molecule has 6 heteroatoms. The molecule has 0 fully saturated rings. The Bertz CT molecular complexity index is 771. The number of hydrogen-bond acceptors (Lipinski definition) is 4. The number of hydrogen-bond donors (Lipinski definition) is 0. The van der Waals surface area contributed by atoms with Gasteiger partial charge in [0.2, 0.25) is 5.91 Å². The van der Waals surface area contributed by atoms with E-state index in [-0.39, 0.29) is 31.2 Å². The van der Waals surface area contributed by atoms with Gasteiger partial charge in [-0.05, 0) is 37.4 Å². The third-order valence-electron chi connectivity index (χ3n) is 3.92. The lowest BCUT2D eigenvalue weighted by molar-refractivity contribution is -0.119. The van der Waals surface area contributed by atoms with Gasteiger partial charge >= 0.3 is 0 Å². The molecule has 0 radical (unpaired) electrons. The fourth-order valence-corrected chi connectivity index (χ4v) is 2.68. The number of nitriles is 1. The van der Waals surface area contributed by atoms with Crippen LogP contribution in [0.4, 0.5) is 10.1 Å². The molecule has 0 spiro atoms. The number of para-hydroxylation sites is 1. The minimum Gasteiger partial charge on any atom is -0.496 e. The first-order valence-electron chi connectivity index (χ1n) is 8.28. The number of anilines is 1. The third kappa shape index (κ3) is 5.30. The number of rotatable bonds is 8. The molecule has 1 amide bonds. The Balaban J connectivity index is 2.08. The molecular formula is C20H22FN3O2. The van der Waals surface area contributed by atoms with Gasteiger partial charge in [0.05, 0.1) is 26.1 Å². The molecule has 0 aliphatic carbocycles. The Kier molecular flexibility index (Phi) is 7.12. The zero-order chi connectivity index (χ0) is 18.9. The van der Waals surface area contributed by atoms with Crippen molar-refractivity contribution in [3.8, 4) is 11.8 Å². The molecule has 2 aromatic carbocycles. The van der Waals surface area contributed by atoms with Crippen molar-refractivity contribution >= 4 is 11.6 Å². The molecule has 2 rings (SSSR count). The predicted molar refractivity (Wildman–Crippen MR) is 98.3 cm³/mol. The quantitative estimate of drug-likeness (QED) is 0.730. The van der Waals surface area contributed by atoms with E-state index in [0.717, 1.165) is 11.3 Å². The molecule has 0 unspecified atom stereocenters. The van der Waals surface area contributed by atoms with E-state index in [1.807, 2.05) is 42.3 Å². The van der Waals surface area contributed by atoms with Crippen molar-refractivity contribution in [1.82, 2.24) is 4.90 Å². The first-order chi connectivity index (χ1) is 12.5. The molecule has 136 valence electrons. The lowest BCUT2D eigenvalue weighted by Gasteiger charge is -2.25. The van der Waals surface area contributed by atoms with Crippen molar-refractivity contribution in [3.05, 3.63) is 59.9 Å². The molecule has 0 bridgehead atoms. The van der Waals surface area contributed by atoms with Crippen LogP contribution in [0.2, 0.25) is 0 Å². The average Bonchev–Trinajstić information content (AvgIpc) is 2.63. The van der Waals surface area contributed by atoms with Crippen LogP contribution in [0.1, 0.15) is 12.0 Å². The molecule has 0 saturated heterocycles. The SMILES string of the molecule is COc1ccccc1CN(C)CC(=O)N(CCC#N)c1ccc(F)cc1. The summed E-state index contributed by atoms with van der Waals surface area (Å²) in [4.78, 5) is 16.1. The molecule has 0 aromatic heterocycles. The van der Waals surface area contributed by atoms with E-state index in [4.69, 9.17) is 10.00 Å². The third-order valence-corrected chi connectivity index (χ3v) is 3.92. The fraction of sp³-hybridized carbons (Fsp3) is 0.300. The van der Waals surface area contributed by atoms with E-state index in [1.54, 1.807) is 19.2 Å². The number of nitrogens with zero attached hydrogens (tertiary/aromatic N) is 3. The molecule has 26 heavy (non-hydrogen) atoms. The van der Waals surface area contributed by atoms with Gasteiger partial charge in [-0.1, -0.05) is 18.2 Å². The summed E-state index contributed by atoms with van der Waals surface area (Å²) in [6, 6.07) is 15.4. The van der Waals surface area contributed by atoms with Gasteiger partial charge < -0.3 is 9.64 Å².